The normalized spacial score (nSPS) is 13.5. The van der Waals surface area contributed by atoms with E-state index in [-0.39, 0.29) is 5.91 Å². The van der Waals surface area contributed by atoms with E-state index in [0.29, 0.717) is 11.4 Å². The quantitative estimate of drug-likeness (QED) is 0.785. The Morgan fingerprint density at radius 2 is 1.90 bits per heavy atom. The van der Waals surface area contributed by atoms with Crippen molar-refractivity contribution >= 4 is 33.4 Å². The van der Waals surface area contributed by atoms with Gasteiger partial charge in [-0.1, -0.05) is 46.3 Å². The van der Waals surface area contributed by atoms with E-state index in [1.54, 1.807) is 6.07 Å². The van der Waals surface area contributed by atoms with Gasteiger partial charge in [-0.3, -0.25) is 4.79 Å². The number of rotatable bonds is 4. The van der Waals surface area contributed by atoms with Crippen LogP contribution < -0.4 is 5.32 Å². The molecule has 2 aromatic rings. The van der Waals surface area contributed by atoms with Gasteiger partial charge >= 0.3 is 0 Å². The first-order valence-electron chi connectivity index (χ1n) is 6.66. The van der Waals surface area contributed by atoms with Gasteiger partial charge < -0.3 is 5.32 Å². The summed E-state index contributed by atoms with van der Waals surface area (Å²) in [6.45, 7) is 3.89. The first-order valence-corrected chi connectivity index (χ1v) is 7.99. The molecule has 0 aromatic heterocycles. The highest BCUT2D eigenvalue weighted by molar-refractivity contribution is 9.10. The van der Waals surface area contributed by atoms with E-state index >= 15 is 0 Å². The van der Waals surface area contributed by atoms with Crippen molar-refractivity contribution in [3.05, 3.63) is 69.7 Å². The minimum Gasteiger partial charge on any atom is -0.342 e. The summed E-state index contributed by atoms with van der Waals surface area (Å²) in [5.41, 5.74) is 2.04. The summed E-state index contributed by atoms with van der Waals surface area (Å²) in [7, 11) is 0. The van der Waals surface area contributed by atoms with Gasteiger partial charge in [-0.05, 0) is 43.2 Å². The minimum absolute atomic E-state index is 0.127. The second-order valence-electron chi connectivity index (χ2n) is 5.25. The van der Waals surface area contributed by atoms with E-state index in [2.05, 4.69) is 21.2 Å². The van der Waals surface area contributed by atoms with E-state index in [1.165, 1.54) is 0 Å². The van der Waals surface area contributed by atoms with Crippen molar-refractivity contribution < 1.29 is 4.79 Å². The largest absolute Gasteiger partial charge is 0.342 e. The number of amides is 1. The van der Waals surface area contributed by atoms with Gasteiger partial charge in [0.15, 0.2) is 0 Å². The summed E-state index contributed by atoms with van der Waals surface area (Å²) in [6.07, 6.45) is 0. The number of aryl methyl sites for hydroxylation is 1. The van der Waals surface area contributed by atoms with Crippen molar-refractivity contribution in [2.75, 3.05) is 5.88 Å². The number of halogens is 2. The van der Waals surface area contributed by atoms with Crippen LogP contribution in [0, 0.1) is 6.92 Å². The van der Waals surface area contributed by atoms with Gasteiger partial charge in [0.2, 0.25) is 0 Å². The van der Waals surface area contributed by atoms with Crippen LogP contribution in [0.4, 0.5) is 0 Å². The maximum absolute atomic E-state index is 12.5. The first kappa shape index (κ1) is 16.1. The van der Waals surface area contributed by atoms with E-state index in [0.717, 1.165) is 15.6 Å². The smallest absolute Gasteiger partial charge is 0.252 e. The van der Waals surface area contributed by atoms with Gasteiger partial charge in [-0.2, -0.15) is 0 Å². The molecule has 4 heteroatoms. The average molecular weight is 367 g/mol. The number of hydrogen-bond acceptors (Lipinski definition) is 1. The van der Waals surface area contributed by atoms with Crippen molar-refractivity contribution in [3.8, 4) is 0 Å². The number of alkyl halides is 1. The molecule has 1 unspecified atom stereocenters. The molecular formula is C17H17BrClNO. The third kappa shape index (κ3) is 3.66. The molecular weight excluding hydrogens is 350 g/mol. The molecule has 0 aliphatic rings. The molecule has 0 radical (unpaired) electrons. The Bertz CT molecular complexity index is 644. The van der Waals surface area contributed by atoms with Crippen LogP contribution in [-0.2, 0) is 5.54 Å². The Balaban J connectivity index is 2.26. The van der Waals surface area contributed by atoms with Crippen molar-refractivity contribution in [1.29, 1.82) is 0 Å². The van der Waals surface area contributed by atoms with Gasteiger partial charge in [0.25, 0.3) is 5.91 Å². The fourth-order valence-electron chi connectivity index (χ4n) is 2.10. The number of benzene rings is 2. The van der Waals surface area contributed by atoms with Crippen molar-refractivity contribution in [3.63, 3.8) is 0 Å². The molecule has 110 valence electrons. The predicted octanol–water partition coefficient (Wildman–Crippen LogP) is 4.64. The lowest BCUT2D eigenvalue weighted by molar-refractivity contribution is 0.0913. The van der Waals surface area contributed by atoms with Crippen LogP contribution in [-0.4, -0.2) is 11.8 Å². The van der Waals surface area contributed by atoms with Crippen LogP contribution in [0.1, 0.15) is 28.4 Å². The van der Waals surface area contributed by atoms with Crippen LogP contribution in [0.3, 0.4) is 0 Å². The van der Waals surface area contributed by atoms with Crippen LogP contribution >= 0.6 is 27.5 Å². The molecule has 0 aliphatic carbocycles. The van der Waals surface area contributed by atoms with Gasteiger partial charge in [0, 0.05) is 15.9 Å². The van der Waals surface area contributed by atoms with E-state index in [9.17, 15) is 4.79 Å². The summed E-state index contributed by atoms with van der Waals surface area (Å²) < 4.78 is 0.988. The molecule has 1 atom stereocenters. The standard InChI is InChI=1S/C17H17BrClNO/c1-12-10-13(8-9-15(12)18)16(21)20-17(2,11-19)14-6-4-3-5-7-14/h3-10H,11H2,1-2H3,(H,20,21). The van der Waals surface area contributed by atoms with Crippen LogP contribution in [0.25, 0.3) is 0 Å². The lowest BCUT2D eigenvalue weighted by atomic mass is 9.93. The molecule has 2 nitrogen and oxygen atoms in total. The van der Waals surface area contributed by atoms with Crippen LogP contribution in [0.15, 0.2) is 53.0 Å². The number of carbonyl (C=O) groups is 1. The molecule has 0 aliphatic heterocycles. The van der Waals surface area contributed by atoms with E-state index in [1.807, 2.05) is 56.3 Å². The summed E-state index contributed by atoms with van der Waals surface area (Å²) >= 11 is 9.55. The number of hydrogen-bond donors (Lipinski definition) is 1. The Labute approximate surface area is 138 Å². The third-order valence-corrected chi connectivity index (χ3v) is 4.91. The highest BCUT2D eigenvalue weighted by Crippen LogP contribution is 2.23. The monoisotopic (exact) mass is 365 g/mol. The molecule has 0 saturated carbocycles. The van der Waals surface area contributed by atoms with Crippen LogP contribution in [0.5, 0.6) is 0 Å². The SMILES string of the molecule is Cc1cc(C(=O)NC(C)(CCl)c2ccccc2)ccc1Br. The van der Waals surface area contributed by atoms with Gasteiger partial charge in [0.1, 0.15) is 0 Å². The fraction of sp³-hybridized carbons (Fsp3) is 0.235. The molecule has 2 rings (SSSR count). The summed E-state index contributed by atoms with van der Waals surface area (Å²) in [6, 6.07) is 15.3. The van der Waals surface area contributed by atoms with E-state index in [4.69, 9.17) is 11.6 Å². The third-order valence-electron chi connectivity index (χ3n) is 3.49. The van der Waals surface area contributed by atoms with Gasteiger partial charge in [-0.15, -0.1) is 11.6 Å². The fourth-order valence-corrected chi connectivity index (χ4v) is 2.57. The zero-order chi connectivity index (χ0) is 15.5. The highest BCUT2D eigenvalue weighted by atomic mass is 79.9. The predicted molar refractivity (Wildman–Crippen MR) is 90.9 cm³/mol. The molecule has 0 saturated heterocycles. The number of carbonyl (C=O) groups excluding carboxylic acids is 1. The molecule has 2 aromatic carbocycles. The summed E-state index contributed by atoms with van der Waals surface area (Å²) in [5, 5.41) is 3.04. The van der Waals surface area contributed by atoms with Gasteiger partial charge in [-0.25, -0.2) is 0 Å². The maximum atomic E-state index is 12.5. The Hall–Kier alpha value is -1.32. The van der Waals surface area contributed by atoms with E-state index < -0.39 is 5.54 Å². The van der Waals surface area contributed by atoms with Crippen molar-refractivity contribution in [1.82, 2.24) is 5.32 Å². The van der Waals surface area contributed by atoms with Crippen molar-refractivity contribution in [2.45, 2.75) is 19.4 Å². The lowest BCUT2D eigenvalue weighted by Crippen LogP contribution is -2.45. The second kappa shape index (κ2) is 6.63. The van der Waals surface area contributed by atoms with Gasteiger partial charge in [0.05, 0.1) is 5.54 Å². The highest BCUT2D eigenvalue weighted by Gasteiger charge is 2.28. The Kier molecular flexibility index (Phi) is 5.07. The molecule has 0 heterocycles. The molecule has 21 heavy (non-hydrogen) atoms. The Morgan fingerprint density at radius 1 is 1.24 bits per heavy atom. The summed E-state index contributed by atoms with van der Waals surface area (Å²) in [4.78, 5) is 12.5. The molecule has 1 N–H and O–H groups in total. The zero-order valence-corrected chi connectivity index (χ0v) is 14.3. The average Bonchev–Trinajstić information content (AvgIpc) is 2.50. The first-order chi connectivity index (χ1) is 9.96. The minimum atomic E-state index is -0.596. The van der Waals surface area contributed by atoms with Crippen LogP contribution in [0.2, 0.25) is 0 Å². The lowest BCUT2D eigenvalue weighted by Gasteiger charge is -2.29. The second-order valence-corrected chi connectivity index (χ2v) is 6.37. The topological polar surface area (TPSA) is 29.1 Å². The molecule has 1 amide bonds. The maximum Gasteiger partial charge on any atom is 0.252 e. The van der Waals surface area contributed by atoms with Crippen molar-refractivity contribution in [2.24, 2.45) is 0 Å². The molecule has 0 spiro atoms. The number of nitrogens with one attached hydrogen (secondary N) is 1. The molecule has 0 fully saturated rings. The summed E-state index contributed by atoms with van der Waals surface area (Å²) in [5.74, 6) is 0.177. The zero-order valence-electron chi connectivity index (χ0n) is 12.0. The molecule has 0 bridgehead atoms. The Morgan fingerprint density at radius 3 is 2.48 bits per heavy atom.